The SMILES string of the molecule is Cc1cc(C)c(NC(=O)CN2C(=O)S/C(=C\c3cn(CC(=O)Nc4ccc(F)cc4)c4ccccc34)C2=O)c(C)c1. The van der Waals surface area contributed by atoms with E-state index in [1.165, 1.54) is 24.3 Å². The summed E-state index contributed by atoms with van der Waals surface area (Å²) in [6.07, 6.45) is 3.34. The lowest BCUT2D eigenvalue weighted by Gasteiger charge is -2.15. The monoisotopic (exact) mass is 570 g/mol. The Bertz CT molecular complexity index is 1720. The van der Waals surface area contributed by atoms with Crippen LogP contribution in [0.1, 0.15) is 22.3 Å². The summed E-state index contributed by atoms with van der Waals surface area (Å²) in [4.78, 5) is 52.5. The second kappa shape index (κ2) is 11.4. The van der Waals surface area contributed by atoms with Gasteiger partial charge in [0.05, 0.1) is 4.91 Å². The van der Waals surface area contributed by atoms with Gasteiger partial charge in [0.1, 0.15) is 18.9 Å². The average Bonchev–Trinajstić information content (AvgIpc) is 3.39. The van der Waals surface area contributed by atoms with Crippen molar-refractivity contribution in [2.75, 3.05) is 17.2 Å². The van der Waals surface area contributed by atoms with Crippen LogP contribution in [0.5, 0.6) is 0 Å². The van der Waals surface area contributed by atoms with Gasteiger partial charge in [-0.15, -0.1) is 0 Å². The first kappa shape index (κ1) is 27.9. The molecule has 10 heteroatoms. The standard InChI is InChI=1S/C31H27FN4O4S/c1-18-12-19(2)29(20(3)13-18)34-28(38)17-36-30(39)26(41-31(36)40)14-21-15-35(25-7-5-4-6-24(21)25)16-27(37)33-23-10-8-22(32)9-11-23/h4-15H,16-17H2,1-3H3,(H,33,37)(H,34,38)/b26-14-. The van der Waals surface area contributed by atoms with Crippen LogP contribution >= 0.6 is 11.8 Å². The van der Waals surface area contributed by atoms with Gasteiger partial charge in [0.2, 0.25) is 11.8 Å². The minimum Gasteiger partial charge on any atom is -0.337 e. The van der Waals surface area contributed by atoms with E-state index in [9.17, 15) is 23.6 Å². The van der Waals surface area contributed by atoms with Crippen molar-refractivity contribution >= 4 is 63.1 Å². The minimum absolute atomic E-state index is 0.0226. The van der Waals surface area contributed by atoms with E-state index in [4.69, 9.17) is 0 Å². The zero-order chi connectivity index (χ0) is 29.3. The van der Waals surface area contributed by atoms with E-state index in [0.717, 1.165) is 44.3 Å². The number of rotatable bonds is 7. The fourth-order valence-electron chi connectivity index (χ4n) is 4.89. The second-order valence-corrected chi connectivity index (χ2v) is 10.9. The van der Waals surface area contributed by atoms with E-state index in [2.05, 4.69) is 10.6 Å². The molecule has 41 heavy (non-hydrogen) atoms. The van der Waals surface area contributed by atoms with Crippen LogP contribution in [0.2, 0.25) is 0 Å². The van der Waals surface area contributed by atoms with Crippen LogP contribution in [-0.4, -0.2) is 39.0 Å². The number of carbonyl (C=O) groups is 4. The molecule has 1 aromatic heterocycles. The molecule has 0 unspecified atom stereocenters. The Morgan fingerprint density at radius 1 is 0.902 bits per heavy atom. The summed E-state index contributed by atoms with van der Waals surface area (Å²) < 4.78 is 14.9. The first-order valence-corrected chi connectivity index (χ1v) is 13.7. The smallest absolute Gasteiger partial charge is 0.294 e. The molecule has 2 heterocycles. The molecular formula is C31H27FN4O4S. The highest BCUT2D eigenvalue weighted by Gasteiger charge is 2.36. The van der Waals surface area contributed by atoms with Crippen LogP contribution in [0.3, 0.4) is 0 Å². The summed E-state index contributed by atoms with van der Waals surface area (Å²) in [7, 11) is 0. The molecule has 4 aromatic rings. The molecule has 0 aliphatic carbocycles. The molecule has 8 nitrogen and oxygen atoms in total. The minimum atomic E-state index is -0.557. The van der Waals surface area contributed by atoms with E-state index >= 15 is 0 Å². The molecular weight excluding hydrogens is 543 g/mol. The van der Waals surface area contributed by atoms with Gasteiger partial charge in [0, 0.05) is 34.0 Å². The van der Waals surface area contributed by atoms with Crippen molar-refractivity contribution in [1.82, 2.24) is 9.47 Å². The average molecular weight is 571 g/mol. The number of fused-ring (bicyclic) bond motifs is 1. The molecule has 0 spiro atoms. The zero-order valence-electron chi connectivity index (χ0n) is 22.7. The molecule has 4 amide bonds. The van der Waals surface area contributed by atoms with Gasteiger partial charge >= 0.3 is 0 Å². The van der Waals surface area contributed by atoms with E-state index in [1.807, 2.05) is 57.2 Å². The highest BCUT2D eigenvalue weighted by molar-refractivity contribution is 8.18. The third-order valence-corrected chi connectivity index (χ3v) is 7.57. The number of nitrogens with one attached hydrogen (secondary N) is 2. The van der Waals surface area contributed by atoms with Crippen molar-refractivity contribution in [2.24, 2.45) is 0 Å². The highest BCUT2D eigenvalue weighted by atomic mass is 32.2. The lowest BCUT2D eigenvalue weighted by atomic mass is 10.1. The van der Waals surface area contributed by atoms with Gasteiger partial charge in [-0.3, -0.25) is 24.1 Å². The lowest BCUT2D eigenvalue weighted by molar-refractivity contribution is -0.127. The van der Waals surface area contributed by atoms with Gasteiger partial charge in [-0.2, -0.15) is 0 Å². The fourth-order valence-corrected chi connectivity index (χ4v) is 5.72. The number of halogens is 1. The molecule has 3 aromatic carbocycles. The Kier molecular flexibility index (Phi) is 7.76. The quantitative estimate of drug-likeness (QED) is 0.265. The number of carbonyl (C=O) groups excluding carboxylic acids is 4. The Hall–Kier alpha value is -4.70. The molecule has 1 aliphatic rings. The van der Waals surface area contributed by atoms with Crippen molar-refractivity contribution in [2.45, 2.75) is 27.3 Å². The normalized spacial score (nSPS) is 14.2. The summed E-state index contributed by atoms with van der Waals surface area (Å²) >= 11 is 0.767. The third kappa shape index (κ3) is 6.07. The molecule has 5 rings (SSSR count). The predicted molar refractivity (Wildman–Crippen MR) is 159 cm³/mol. The first-order chi connectivity index (χ1) is 19.6. The maximum absolute atomic E-state index is 13.2. The first-order valence-electron chi connectivity index (χ1n) is 12.9. The number of benzene rings is 3. The molecule has 1 aliphatic heterocycles. The van der Waals surface area contributed by atoms with Crippen molar-refractivity contribution in [3.63, 3.8) is 0 Å². The number of aryl methyl sites for hydroxylation is 3. The number of thioether (sulfide) groups is 1. The summed E-state index contributed by atoms with van der Waals surface area (Å²) in [6, 6.07) is 16.8. The van der Waals surface area contributed by atoms with Crippen LogP contribution in [0.25, 0.3) is 17.0 Å². The number of hydrogen-bond donors (Lipinski definition) is 2. The van der Waals surface area contributed by atoms with Crippen LogP contribution in [0.4, 0.5) is 20.6 Å². The van der Waals surface area contributed by atoms with Gasteiger partial charge in [0.15, 0.2) is 0 Å². The number of anilines is 2. The van der Waals surface area contributed by atoms with Crippen molar-refractivity contribution in [3.05, 3.63) is 99.8 Å². The second-order valence-electron chi connectivity index (χ2n) is 9.87. The zero-order valence-corrected chi connectivity index (χ0v) is 23.5. The number of aromatic nitrogens is 1. The Morgan fingerprint density at radius 3 is 2.27 bits per heavy atom. The third-order valence-electron chi connectivity index (χ3n) is 6.66. The Labute approximate surface area is 240 Å². The van der Waals surface area contributed by atoms with Gasteiger partial charge < -0.3 is 15.2 Å². The topological polar surface area (TPSA) is 101 Å². The molecule has 0 atom stereocenters. The highest BCUT2D eigenvalue weighted by Crippen LogP contribution is 2.34. The van der Waals surface area contributed by atoms with E-state index in [1.54, 1.807) is 16.8 Å². The molecule has 0 radical (unpaired) electrons. The van der Waals surface area contributed by atoms with Crippen LogP contribution in [0, 0.1) is 26.6 Å². The molecule has 0 bridgehead atoms. The largest absolute Gasteiger partial charge is 0.337 e. The number of amides is 4. The molecule has 0 saturated carbocycles. The van der Waals surface area contributed by atoms with Gasteiger partial charge in [-0.05, 0) is 80.1 Å². The summed E-state index contributed by atoms with van der Waals surface area (Å²) in [5, 5.41) is 5.83. The van der Waals surface area contributed by atoms with Crippen molar-refractivity contribution < 1.29 is 23.6 Å². The van der Waals surface area contributed by atoms with Crippen LogP contribution in [0.15, 0.2) is 71.8 Å². The van der Waals surface area contributed by atoms with Gasteiger partial charge in [0.25, 0.3) is 11.1 Å². The Morgan fingerprint density at radius 2 is 1.56 bits per heavy atom. The molecule has 208 valence electrons. The molecule has 1 saturated heterocycles. The van der Waals surface area contributed by atoms with Crippen molar-refractivity contribution in [3.8, 4) is 0 Å². The van der Waals surface area contributed by atoms with E-state index in [0.29, 0.717) is 16.9 Å². The number of hydrogen-bond acceptors (Lipinski definition) is 5. The van der Waals surface area contributed by atoms with Gasteiger partial charge in [-0.1, -0.05) is 35.9 Å². The van der Waals surface area contributed by atoms with E-state index in [-0.39, 0.29) is 17.4 Å². The fraction of sp³-hybridized carbons (Fsp3) is 0.161. The lowest BCUT2D eigenvalue weighted by Crippen LogP contribution is -2.36. The number of para-hydroxylation sites is 1. The van der Waals surface area contributed by atoms with Gasteiger partial charge in [-0.25, -0.2) is 4.39 Å². The molecule has 2 N–H and O–H groups in total. The van der Waals surface area contributed by atoms with Crippen LogP contribution in [-0.2, 0) is 20.9 Å². The summed E-state index contributed by atoms with van der Waals surface area (Å²) in [6.45, 7) is 5.33. The van der Waals surface area contributed by atoms with Crippen LogP contribution < -0.4 is 10.6 Å². The summed E-state index contributed by atoms with van der Waals surface area (Å²) in [5.41, 5.74) is 5.41. The maximum Gasteiger partial charge on any atom is 0.294 e. The molecule has 1 fully saturated rings. The maximum atomic E-state index is 13.2. The van der Waals surface area contributed by atoms with Crippen molar-refractivity contribution in [1.29, 1.82) is 0 Å². The number of imide groups is 1. The predicted octanol–water partition coefficient (Wildman–Crippen LogP) is 6.02. The number of nitrogens with zero attached hydrogens (tertiary/aromatic N) is 2. The Balaban J connectivity index is 1.33. The van der Waals surface area contributed by atoms with E-state index < -0.39 is 29.4 Å². The summed E-state index contributed by atoms with van der Waals surface area (Å²) in [5.74, 6) is -1.73.